The molecule has 2 amide bonds. The summed E-state index contributed by atoms with van der Waals surface area (Å²) >= 11 is 0. The maximum absolute atomic E-state index is 12.9. The van der Waals surface area contributed by atoms with Crippen LogP contribution < -0.4 is 14.6 Å². The van der Waals surface area contributed by atoms with Crippen LogP contribution in [0.4, 0.5) is 5.69 Å². The first-order chi connectivity index (χ1) is 30.7. The fourth-order valence-corrected chi connectivity index (χ4v) is 8.65. The van der Waals surface area contributed by atoms with E-state index in [0.29, 0.717) is 56.8 Å². The lowest BCUT2D eigenvalue weighted by atomic mass is 9.84. The molecule has 15 nitrogen and oxygen atoms in total. The molecule has 2 fully saturated rings. The molecule has 4 rings (SSSR count). The summed E-state index contributed by atoms with van der Waals surface area (Å²) in [5.41, 5.74) is 3.13. The predicted octanol–water partition coefficient (Wildman–Crippen LogP) is 7.41. The van der Waals surface area contributed by atoms with Crippen molar-refractivity contribution >= 4 is 41.1 Å². The number of unbranched alkanes of at least 4 members (excludes halogenated alkanes) is 5. The molecule has 64 heavy (non-hydrogen) atoms. The third kappa shape index (κ3) is 16.0. The first kappa shape index (κ1) is 51.3. The van der Waals surface area contributed by atoms with Gasteiger partial charge in [-0.15, -0.1) is 0 Å². The van der Waals surface area contributed by atoms with Crippen molar-refractivity contribution in [2.45, 2.75) is 156 Å². The topological polar surface area (TPSA) is 187 Å². The molecule has 0 bridgehead atoms. The van der Waals surface area contributed by atoms with Crippen LogP contribution in [0.25, 0.3) is 0 Å². The second-order valence-electron chi connectivity index (χ2n) is 17.7. The number of benzene rings is 1. The summed E-state index contributed by atoms with van der Waals surface area (Å²) in [6.45, 7) is 9.90. The normalized spacial score (nSPS) is 20.4. The molecule has 350 valence electrons. The predicted molar refractivity (Wildman–Crippen MR) is 240 cm³/mol. The zero-order chi connectivity index (χ0) is 46.6. The number of carbonyl (C=O) groups excluding carboxylic acids is 5. The highest BCUT2D eigenvalue weighted by molar-refractivity contribution is 5.92. The number of nitrogens with zero attached hydrogens (tertiary/aromatic N) is 4. The van der Waals surface area contributed by atoms with Gasteiger partial charge < -0.3 is 33.9 Å². The maximum atomic E-state index is 12.9. The number of pyridine rings is 1. The molecule has 1 N–H and O–H groups in total. The van der Waals surface area contributed by atoms with Crippen LogP contribution in [0, 0.1) is 28.7 Å². The van der Waals surface area contributed by atoms with Crippen LogP contribution in [0.3, 0.4) is 0 Å². The van der Waals surface area contributed by atoms with Crippen LogP contribution >= 0.6 is 0 Å². The molecule has 0 unspecified atom stereocenters. The van der Waals surface area contributed by atoms with E-state index >= 15 is 0 Å². The van der Waals surface area contributed by atoms with E-state index < -0.39 is 30.4 Å². The molecule has 1 aliphatic carbocycles. The summed E-state index contributed by atoms with van der Waals surface area (Å²) in [6.07, 6.45) is 15.9. The van der Waals surface area contributed by atoms with Crippen molar-refractivity contribution in [3.05, 3.63) is 53.9 Å². The first-order valence-electron chi connectivity index (χ1n) is 23.0. The number of aromatic nitrogens is 1. The molecule has 1 aromatic carbocycles. The largest absolute Gasteiger partial charge is 0.467 e. The summed E-state index contributed by atoms with van der Waals surface area (Å²) in [5, 5.41) is 12.4. The molecule has 1 aliphatic heterocycles. The van der Waals surface area contributed by atoms with Crippen molar-refractivity contribution in [2.75, 3.05) is 32.6 Å². The summed E-state index contributed by atoms with van der Waals surface area (Å²) < 4.78 is 30.2. The average molecular weight is 889 g/mol. The fraction of sp³-hybridized carbons (Fsp3) is 0.633. The van der Waals surface area contributed by atoms with Crippen LogP contribution in [-0.2, 0) is 55.9 Å². The van der Waals surface area contributed by atoms with Gasteiger partial charge in [0.15, 0.2) is 25.0 Å². The van der Waals surface area contributed by atoms with Gasteiger partial charge in [-0.1, -0.05) is 59.3 Å². The zero-order valence-electron chi connectivity index (χ0n) is 39.0. The first-order valence-corrected chi connectivity index (χ1v) is 23.0. The lowest BCUT2D eigenvalue weighted by molar-refractivity contribution is -0.688. The van der Waals surface area contributed by atoms with E-state index in [2.05, 4.69) is 10.3 Å². The SMILES string of the molecule is CCCC(=O)Nc1cc(C[n+]2ccc(CC(CCCCCCCCC(=O)N(C)CC3(COC(C)=O)CCCC3)=NC#N)cc2)ccc1O[C@@H]1O[C@H](C(=O)OC)[C@@H](OC(C)=O)[C@H](C)[C@H]1C. The van der Waals surface area contributed by atoms with Crippen LogP contribution in [0.1, 0.15) is 136 Å². The van der Waals surface area contributed by atoms with E-state index in [1.165, 1.54) is 21.0 Å². The molecule has 2 aromatic rings. The number of nitriles is 1. The number of carbonyl (C=O) groups is 5. The van der Waals surface area contributed by atoms with Crippen LogP contribution in [0.5, 0.6) is 5.75 Å². The van der Waals surface area contributed by atoms with Crippen molar-refractivity contribution in [2.24, 2.45) is 22.2 Å². The highest BCUT2D eigenvalue weighted by Crippen LogP contribution is 2.40. The number of esters is 3. The van der Waals surface area contributed by atoms with Gasteiger partial charge in [0, 0.05) is 87.4 Å². The van der Waals surface area contributed by atoms with Gasteiger partial charge in [-0.2, -0.15) is 10.3 Å². The number of hydrogen-bond donors (Lipinski definition) is 1. The average Bonchev–Trinajstić information content (AvgIpc) is 3.73. The number of amides is 2. The maximum Gasteiger partial charge on any atom is 0.339 e. The Kier molecular flexibility index (Phi) is 20.7. The van der Waals surface area contributed by atoms with Crippen LogP contribution in [0.15, 0.2) is 47.7 Å². The Bertz CT molecular complexity index is 1940. The molecular formula is C49H70N5O10+. The van der Waals surface area contributed by atoms with Crippen molar-refractivity contribution < 1.29 is 52.2 Å². The second kappa shape index (κ2) is 25.8. The molecule has 0 radical (unpaired) electrons. The molecule has 1 aromatic heterocycles. The van der Waals surface area contributed by atoms with Crippen molar-refractivity contribution in [1.29, 1.82) is 5.26 Å². The quantitative estimate of drug-likeness (QED) is 0.0276. The molecule has 0 spiro atoms. The number of aliphatic imine (C=N–C) groups is 1. The highest BCUT2D eigenvalue weighted by Gasteiger charge is 2.48. The number of methoxy groups -OCH3 is 1. The lowest BCUT2D eigenvalue weighted by Gasteiger charge is -2.42. The third-order valence-corrected chi connectivity index (χ3v) is 12.4. The molecule has 1 saturated heterocycles. The Hall–Kier alpha value is -5.36. The number of ether oxygens (including phenoxy) is 5. The fourth-order valence-electron chi connectivity index (χ4n) is 8.65. The third-order valence-electron chi connectivity index (χ3n) is 12.4. The van der Waals surface area contributed by atoms with Crippen molar-refractivity contribution in [1.82, 2.24) is 4.90 Å². The molecule has 2 aliphatic rings. The Balaban J connectivity index is 1.26. The lowest BCUT2D eigenvalue weighted by Crippen LogP contribution is -2.55. The van der Waals surface area contributed by atoms with E-state index in [4.69, 9.17) is 23.7 Å². The van der Waals surface area contributed by atoms with Gasteiger partial charge in [0.25, 0.3) is 0 Å². The van der Waals surface area contributed by atoms with E-state index in [-0.39, 0.29) is 35.0 Å². The smallest absolute Gasteiger partial charge is 0.339 e. The Morgan fingerprint density at radius 2 is 1.59 bits per heavy atom. The van der Waals surface area contributed by atoms with Gasteiger partial charge in [-0.05, 0) is 62.3 Å². The molecule has 2 heterocycles. The Morgan fingerprint density at radius 1 is 0.922 bits per heavy atom. The standard InChI is InChI=1S/C49H69N5O10/c1-8-17-43(57)52-41-29-39(20-21-42(41)63-48-35(3)34(2)45(62-37(5)56)46(64-48)47(59)60-7)30-54-26-22-38(23-27-54)28-40(51-33-50)18-13-11-9-10-12-14-19-44(58)53(6)31-49(24-15-16-25-49)32-61-36(4)55/h20-23,26-27,29,34-35,45-46,48H,8-19,24-25,28,30-32H2,1-7H3/p+1/t34-,35-,45+,46+,48-/m1/s1. The molecular weight excluding hydrogens is 819 g/mol. The number of anilines is 1. The number of hydrogen-bond acceptors (Lipinski definition) is 12. The Morgan fingerprint density at radius 3 is 2.22 bits per heavy atom. The van der Waals surface area contributed by atoms with Gasteiger partial charge in [-0.3, -0.25) is 19.2 Å². The minimum atomic E-state index is -1.19. The van der Waals surface area contributed by atoms with E-state index in [1.54, 1.807) is 6.07 Å². The summed E-state index contributed by atoms with van der Waals surface area (Å²) in [4.78, 5) is 67.6. The van der Waals surface area contributed by atoms with Gasteiger partial charge in [0.1, 0.15) is 11.9 Å². The minimum Gasteiger partial charge on any atom is -0.467 e. The van der Waals surface area contributed by atoms with Gasteiger partial charge in [-0.25, -0.2) is 9.36 Å². The minimum absolute atomic E-state index is 0.118. The van der Waals surface area contributed by atoms with Gasteiger partial charge >= 0.3 is 17.9 Å². The van der Waals surface area contributed by atoms with E-state index in [1.807, 2.05) is 80.1 Å². The zero-order valence-corrected chi connectivity index (χ0v) is 39.0. The second-order valence-corrected chi connectivity index (χ2v) is 17.7. The van der Waals surface area contributed by atoms with Crippen molar-refractivity contribution in [3.63, 3.8) is 0 Å². The van der Waals surface area contributed by atoms with Crippen LogP contribution in [0.2, 0.25) is 0 Å². The summed E-state index contributed by atoms with van der Waals surface area (Å²) in [6, 6.07) is 9.57. The van der Waals surface area contributed by atoms with Crippen LogP contribution in [-0.4, -0.2) is 86.1 Å². The highest BCUT2D eigenvalue weighted by atomic mass is 16.7. The monoisotopic (exact) mass is 889 g/mol. The molecule has 1 saturated carbocycles. The summed E-state index contributed by atoms with van der Waals surface area (Å²) in [5.74, 6) is -1.75. The van der Waals surface area contributed by atoms with Crippen molar-refractivity contribution in [3.8, 4) is 11.9 Å². The molecule has 15 heteroatoms. The Labute approximate surface area is 379 Å². The van der Waals surface area contributed by atoms with E-state index in [0.717, 1.165) is 87.5 Å². The number of rotatable bonds is 24. The number of nitrogens with one attached hydrogen (secondary N) is 1. The van der Waals surface area contributed by atoms with Gasteiger partial charge in [0.05, 0.1) is 19.4 Å². The molecule has 5 atom stereocenters. The van der Waals surface area contributed by atoms with Gasteiger partial charge in [0.2, 0.25) is 24.3 Å². The summed E-state index contributed by atoms with van der Waals surface area (Å²) in [7, 11) is 3.10. The van der Waals surface area contributed by atoms with E-state index in [9.17, 15) is 29.2 Å².